The lowest BCUT2D eigenvalue weighted by Gasteiger charge is -2.21. The summed E-state index contributed by atoms with van der Waals surface area (Å²) >= 11 is 0. The molecule has 0 bridgehead atoms. The van der Waals surface area contributed by atoms with E-state index in [1.54, 1.807) is 19.2 Å². The zero-order valence-electron chi connectivity index (χ0n) is 17.2. The molecular formula is C24H24FN2O3+. The Labute approximate surface area is 174 Å². The Bertz CT molecular complexity index is 1220. The van der Waals surface area contributed by atoms with E-state index in [0.717, 1.165) is 26.8 Å². The largest absolute Gasteiger partial charge is 0.495 e. The van der Waals surface area contributed by atoms with Crippen LogP contribution in [0.3, 0.4) is 0 Å². The van der Waals surface area contributed by atoms with Crippen LogP contribution >= 0.6 is 0 Å². The fourth-order valence-electron chi connectivity index (χ4n) is 3.60. The number of carbonyl (C=O) groups is 1. The third-order valence-corrected chi connectivity index (χ3v) is 5.46. The van der Waals surface area contributed by atoms with Crippen molar-refractivity contribution in [2.24, 2.45) is 0 Å². The van der Waals surface area contributed by atoms with Gasteiger partial charge in [-0.1, -0.05) is 30.3 Å². The number of rotatable bonds is 6. The van der Waals surface area contributed by atoms with Gasteiger partial charge in [-0.25, -0.2) is 4.39 Å². The SMILES string of the molecule is COc1cc2c(cc1NC(=O)[C@H](C)[NH+](C)Cc1cccc(F)c1)oc1ccccc12. The lowest BCUT2D eigenvalue weighted by molar-refractivity contribution is -0.907. The first-order chi connectivity index (χ1) is 14.5. The van der Waals surface area contributed by atoms with E-state index in [2.05, 4.69) is 5.32 Å². The minimum absolute atomic E-state index is 0.155. The number of amides is 1. The Hall–Kier alpha value is -3.38. The van der Waals surface area contributed by atoms with Gasteiger partial charge in [0.15, 0.2) is 6.04 Å². The van der Waals surface area contributed by atoms with Crippen molar-refractivity contribution >= 4 is 33.5 Å². The number of halogens is 1. The maximum Gasteiger partial charge on any atom is 0.282 e. The van der Waals surface area contributed by atoms with Crippen LogP contribution in [0.25, 0.3) is 21.9 Å². The van der Waals surface area contributed by atoms with Crippen LogP contribution in [0.2, 0.25) is 0 Å². The summed E-state index contributed by atoms with van der Waals surface area (Å²) in [6.45, 7) is 2.38. The summed E-state index contributed by atoms with van der Waals surface area (Å²) in [5.74, 6) is 0.135. The number of quaternary nitrogens is 1. The van der Waals surface area contributed by atoms with E-state index in [4.69, 9.17) is 9.15 Å². The van der Waals surface area contributed by atoms with Crippen LogP contribution in [0.4, 0.5) is 10.1 Å². The van der Waals surface area contributed by atoms with Gasteiger partial charge in [0.1, 0.15) is 29.3 Å². The van der Waals surface area contributed by atoms with Gasteiger partial charge >= 0.3 is 0 Å². The maximum atomic E-state index is 13.4. The van der Waals surface area contributed by atoms with Gasteiger partial charge in [0.25, 0.3) is 5.91 Å². The van der Waals surface area contributed by atoms with Crippen molar-refractivity contribution in [3.63, 3.8) is 0 Å². The number of ether oxygens (including phenoxy) is 1. The van der Waals surface area contributed by atoms with Gasteiger partial charge < -0.3 is 19.4 Å². The highest BCUT2D eigenvalue weighted by molar-refractivity contribution is 6.08. The summed E-state index contributed by atoms with van der Waals surface area (Å²) < 4.78 is 24.9. The number of anilines is 1. The van der Waals surface area contributed by atoms with Crippen LogP contribution < -0.4 is 15.0 Å². The van der Waals surface area contributed by atoms with Crippen LogP contribution in [0.5, 0.6) is 5.75 Å². The van der Waals surface area contributed by atoms with E-state index in [1.807, 2.05) is 50.4 Å². The topological polar surface area (TPSA) is 55.9 Å². The zero-order valence-corrected chi connectivity index (χ0v) is 17.2. The molecule has 3 aromatic carbocycles. The second-order valence-corrected chi connectivity index (χ2v) is 7.51. The summed E-state index contributed by atoms with van der Waals surface area (Å²) in [4.78, 5) is 13.8. The van der Waals surface area contributed by atoms with Crippen LogP contribution in [0.1, 0.15) is 12.5 Å². The molecule has 0 aliphatic rings. The molecule has 1 unspecified atom stereocenters. The molecule has 6 heteroatoms. The number of hydrogen-bond donors (Lipinski definition) is 2. The molecule has 5 nitrogen and oxygen atoms in total. The molecule has 0 fully saturated rings. The minimum Gasteiger partial charge on any atom is -0.495 e. The molecule has 2 N–H and O–H groups in total. The Morgan fingerprint density at radius 2 is 1.90 bits per heavy atom. The minimum atomic E-state index is -0.357. The first-order valence-electron chi connectivity index (χ1n) is 9.83. The van der Waals surface area contributed by atoms with Crippen molar-refractivity contribution in [1.82, 2.24) is 0 Å². The lowest BCUT2D eigenvalue weighted by Crippen LogP contribution is -3.12. The molecule has 0 aliphatic heterocycles. The van der Waals surface area contributed by atoms with Crippen molar-refractivity contribution in [2.75, 3.05) is 19.5 Å². The number of hydrogen-bond acceptors (Lipinski definition) is 3. The van der Waals surface area contributed by atoms with Gasteiger partial charge in [0.05, 0.1) is 19.8 Å². The molecule has 0 aliphatic carbocycles. The summed E-state index contributed by atoms with van der Waals surface area (Å²) in [7, 11) is 3.48. The molecule has 4 aromatic rings. The Morgan fingerprint density at radius 3 is 2.67 bits per heavy atom. The van der Waals surface area contributed by atoms with Gasteiger partial charge in [-0.2, -0.15) is 0 Å². The lowest BCUT2D eigenvalue weighted by atomic mass is 10.1. The number of benzene rings is 3. The fraction of sp³-hybridized carbons (Fsp3) is 0.208. The van der Waals surface area contributed by atoms with Crippen LogP contribution in [-0.4, -0.2) is 26.1 Å². The number of furan rings is 1. The highest BCUT2D eigenvalue weighted by Crippen LogP contribution is 2.36. The van der Waals surface area contributed by atoms with Crippen LogP contribution in [-0.2, 0) is 11.3 Å². The average molecular weight is 407 g/mol. The molecule has 0 saturated heterocycles. The average Bonchev–Trinajstić information content (AvgIpc) is 3.09. The second-order valence-electron chi connectivity index (χ2n) is 7.51. The molecule has 0 saturated carbocycles. The normalized spacial score (nSPS) is 13.3. The molecule has 0 radical (unpaired) electrons. The van der Waals surface area contributed by atoms with Crippen molar-refractivity contribution in [1.29, 1.82) is 0 Å². The van der Waals surface area contributed by atoms with E-state index in [0.29, 0.717) is 23.6 Å². The first-order valence-corrected chi connectivity index (χ1v) is 9.83. The highest BCUT2D eigenvalue weighted by atomic mass is 19.1. The third-order valence-electron chi connectivity index (χ3n) is 5.46. The summed E-state index contributed by atoms with van der Waals surface area (Å²) in [6, 6.07) is 17.5. The monoisotopic (exact) mass is 407 g/mol. The molecule has 4 rings (SSSR count). The van der Waals surface area contributed by atoms with Crippen molar-refractivity contribution in [3.8, 4) is 5.75 Å². The maximum absolute atomic E-state index is 13.4. The number of carbonyl (C=O) groups excluding carboxylic acids is 1. The molecule has 1 heterocycles. The van der Waals surface area contributed by atoms with Crippen LogP contribution in [0.15, 0.2) is 65.1 Å². The molecule has 2 atom stereocenters. The molecule has 154 valence electrons. The number of methoxy groups -OCH3 is 1. The predicted octanol–water partition coefficient (Wildman–Crippen LogP) is 3.78. The van der Waals surface area contributed by atoms with Crippen molar-refractivity contribution < 1.29 is 23.2 Å². The van der Waals surface area contributed by atoms with Gasteiger partial charge in [0.2, 0.25) is 0 Å². The number of fused-ring (bicyclic) bond motifs is 3. The van der Waals surface area contributed by atoms with Gasteiger partial charge in [-0.05, 0) is 31.2 Å². The molecule has 0 spiro atoms. The molecule has 1 amide bonds. The van der Waals surface area contributed by atoms with Crippen molar-refractivity contribution in [3.05, 3.63) is 72.0 Å². The van der Waals surface area contributed by atoms with E-state index >= 15 is 0 Å². The summed E-state index contributed by atoms with van der Waals surface area (Å²) in [5.41, 5.74) is 2.86. The van der Waals surface area contributed by atoms with Crippen LogP contribution in [0, 0.1) is 5.82 Å². The van der Waals surface area contributed by atoms with Gasteiger partial charge in [-0.15, -0.1) is 0 Å². The molecule has 1 aromatic heterocycles. The Balaban J connectivity index is 1.56. The first kappa shape index (κ1) is 19.9. The van der Waals surface area contributed by atoms with E-state index in [9.17, 15) is 9.18 Å². The molecule has 30 heavy (non-hydrogen) atoms. The Morgan fingerprint density at radius 1 is 1.10 bits per heavy atom. The fourth-order valence-corrected chi connectivity index (χ4v) is 3.60. The summed E-state index contributed by atoms with van der Waals surface area (Å²) in [5, 5.41) is 4.89. The second kappa shape index (κ2) is 8.16. The van der Waals surface area contributed by atoms with Gasteiger partial charge in [0, 0.05) is 22.4 Å². The van der Waals surface area contributed by atoms with Gasteiger partial charge in [-0.3, -0.25) is 4.79 Å². The number of likely N-dealkylation sites (N-methyl/N-ethyl adjacent to an activating group) is 1. The quantitative estimate of drug-likeness (QED) is 0.512. The zero-order chi connectivity index (χ0) is 21.3. The van der Waals surface area contributed by atoms with E-state index < -0.39 is 0 Å². The van der Waals surface area contributed by atoms with Crippen molar-refractivity contribution in [2.45, 2.75) is 19.5 Å². The number of para-hydroxylation sites is 1. The summed E-state index contributed by atoms with van der Waals surface area (Å²) in [6.07, 6.45) is 0. The Kier molecular flexibility index (Phi) is 5.42. The highest BCUT2D eigenvalue weighted by Gasteiger charge is 2.24. The van der Waals surface area contributed by atoms with E-state index in [-0.39, 0.29) is 17.8 Å². The van der Waals surface area contributed by atoms with E-state index in [1.165, 1.54) is 12.1 Å². The number of nitrogens with one attached hydrogen (secondary N) is 2. The smallest absolute Gasteiger partial charge is 0.282 e. The standard InChI is InChI=1S/C24H23FN2O3/c1-15(27(2)14-16-7-6-8-17(25)11-16)24(28)26-20-13-22-19(12-23(20)29-3)18-9-4-5-10-21(18)30-22/h4-13,15H,14H2,1-3H3,(H,26,28)/p+1/t15-/m0/s1. The third kappa shape index (κ3) is 3.86. The molecular weight excluding hydrogens is 383 g/mol. The predicted molar refractivity (Wildman–Crippen MR) is 115 cm³/mol.